The van der Waals surface area contributed by atoms with Crippen LogP contribution >= 0.6 is 23.2 Å². The van der Waals surface area contributed by atoms with Gasteiger partial charge in [0, 0.05) is 25.1 Å². The maximum Gasteiger partial charge on any atom is 0.0745 e. The number of halogens is 2. The molecule has 2 aliphatic rings. The number of ether oxygens (including phenoxy) is 1. The average Bonchev–Trinajstić information content (AvgIpc) is 2.70. The van der Waals surface area contributed by atoms with Crippen LogP contribution in [0.2, 0.25) is 10.0 Å². The molecule has 2 saturated heterocycles. The number of benzene rings is 1. The standard InChI is InChI=1S/C14H17Cl2NO/c1-18-13-7-9-3-4-10(14(13)17-9)8-2-5-11(15)12(16)6-8/h2,5-6,9-10,13-14,17H,3-4,7H2,1H3. The van der Waals surface area contributed by atoms with Crippen LogP contribution in [0.25, 0.3) is 0 Å². The first-order valence-corrected chi connectivity index (χ1v) is 7.18. The molecule has 4 unspecified atom stereocenters. The Morgan fingerprint density at radius 2 is 2.06 bits per heavy atom. The Hall–Kier alpha value is -0.280. The maximum atomic E-state index is 6.12. The monoisotopic (exact) mass is 285 g/mol. The molecule has 0 aliphatic carbocycles. The minimum atomic E-state index is 0.317. The van der Waals surface area contributed by atoms with E-state index in [2.05, 4.69) is 11.4 Å². The van der Waals surface area contributed by atoms with Crippen LogP contribution in [0.15, 0.2) is 18.2 Å². The Morgan fingerprint density at radius 3 is 2.78 bits per heavy atom. The summed E-state index contributed by atoms with van der Waals surface area (Å²) >= 11 is 12.1. The number of nitrogens with one attached hydrogen (secondary N) is 1. The summed E-state index contributed by atoms with van der Waals surface area (Å²) in [5.74, 6) is 0.475. The van der Waals surface area contributed by atoms with E-state index in [9.17, 15) is 0 Å². The van der Waals surface area contributed by atoms with E-state index in [-0.39, 0.29) is 0 Å². The van der Waals surface area contributed by atoms with E-state index in [0.29, 0.717) is 34.2 Å². The van der Waals surface area contributed by atoms with E-state index in [4.69, 9.17) is 27.9 Å². The third kappa shape index (κ3) is 2.16. The van der Waals surface area contributed by atoms with Crippen LogP contribution < -0.4 is 5.32 Å². The van der Waals surface area contributed by atoms with Gasteiger partial charge in [-0.3, -0.25) is 0 Å². The molecule has 0 radical (unpaired) electrons. The molecule has 4 heteroatoms. The molecule has 1 aromatic rings. The highest BCUT2D eigenvalue weighted by Gasteiger charge is 2.42. The molecule has 2 aliphatic heterocycles. The largest absolute Gasteiger partial charge is 0.380 e. The van der Waals surface area contributed by atoms with Gasteiger partial charge in [-0.05, 0) is 37.0 Å². The Bertz CT molecular complexity index is 451. The predicted molar refractivity (Wildman–Crippen MR) is 74.6 cm³/mol. The summed E-state index contributed by atoms with van der Waals surface area (Å²) in [5.41, 5.74) is 1.27. The zero-order valence-electron chi connectivity index (χ0n) is 10.3. The first kappa shape index (κ1) is 12.7. The molecule has 2 bridgehead atoms. The topological polar surface area (TPSA) is 21.3 Å². The number of fused-ring (bicyclic) bond motifs is 2. The normalized spacial score (nSPS) is 34.8. The van der Waals surface area contributed by atoms with Gasteiger partial charge in [0.15, 0.2) is 0 Å². The maximum absolute atomic E-state index is 6.12. The van der Waals surface area contributed by atoms with Gasteiger partial charge in [0.2, 0.25) is 0 Å². The lowest BCUT2D eigenvalue weighted by molar-refractivity contribution is 0.0844. The fourth-order valence-corrected chi connectivity index (χ4v) is 3.68. The molecule has 0 aromatic heterocycles. The zero-order valence-corrected chi connectivity index (χ0v) is 11.8. The van der Waals surface area contributed by atoms with E-state index in [1.165, 1.54) is 18.4 Å². The molecule has 98 valence electrons. The summed E-state index contributed by atoms with van der Waals surface area (Å²) in [6.07, 6.45) is 3.84. The van der Waals surface area contributed by atoms with Crippen molar-refractivity contribution < 1.29 is 4.74 Å². The SMILES string of the molecule is COC1CC2CCC(c3ccc(Cl)c(Cl)c3)C1N2. The van der Waals surface area contributed by atoms with Gasteiger partial charge in [0.1, 0.15) is 0 Å². The summed E-state index contributed by atoms with van der Waals surface area (Å²) in [6, 6.07) is 7.01. The number of methoxy groups -OCH3 is 1. The second-order valence-electron chi connectivity index (χ2n) is 5.26. The zero-order chi connectivity index (χ0) is 12.7. The highest BCUT2D eigenvalue weighted by Crippen LogP contribution is 2.40. The molecule has 18 heavy (non-hydrogen) atoms. The minimum absolute atomic E-state index is 0.317. The highest BCUT2D eigenvalue weighted by atomic mass is 35.5. The summed E-state index contributed by atoms with van der Waals surface area (Å²) in [5, 5.41) is 4.94. The first-order chi connectivity index (χ1) is 8.69. The molecule has 2 heterocycles. The van der Waals surface area contributed by atoms with Crippen molar-refractivity contribution in [1.82, 2.24) is 5.32 Å². The molecule has 0 amide bonds. The minimum Gasteiger partial charge on any atom is -0.380 e. The quantitative estimate of drug-likeness (QED) is 0.896. The van der Waals surface area contributed by atoms with Gasteiger partial charge in [-0.15, -0.1) is 0 Å². The van der Waals surface area contributed by atoms with Gasteiger partial charge in [-0.1, -0.05) is 29.3 Å². The lowest BCUT2D eigenvalue weighted by Gasteiger charge is -2.32. The van der Waals surface area contributed by atoms with Crippen molar-refractivity contribution in [3.05, 3.63) is 33.8 Å². The molecule has 0 spiro atoms. The van der Waals surface area contributed by atoms with E-state index < -0.39 is 0 Å². The van der Waals surface area contributed by atoms with Gasteiger partial charge >= 0.3 is 0 Å². The van der Waals surface area contributed by atoms with Crippen molar-refractivity contribution in [2.45, 2.75) is 43.4 Å². The smallest absolute Gasteiger partial charge is 0.0745 e. The van der Waals surface area contributed by atoms with Crippen molar-refractivity contribution in [3.63, 3.8) is 0 Å². The summed E-state index contributed by atoms with van der Waals surface area (Å²) in [4.78, 5) is 0. The summed E-state index contributed by atoms with van der Waals surface area (Å²) < 4.78 is 5.61. The third-order valence-electron chi connectivity index (χ3n) is 4.28. The van der Waals surface area contributed by atoms with E-state index >= 15 is 0 Å². The van der Waals surface area contributed by atoms with Crippen LogP contribution in [0.3, 0.4) is 0 Å². The van der Waals surface area contributed by atoms with Crippen molar-refractivity contribution in [2.24, 2.45) is 0 Å². The van der Waals surface area contributed by atoms with Gasteiger partial charge < -0.3 is 10.1 Å². The molecular formula is C14H17Cl2NO. The van der Waals surface area contributed by atoms with Crippen LogP contribution in [0.1, 0.15) is 30.7 Å². The molecule has 2 fully saturated rings. The van der Waals surface area contributed by atoms with Crippen LogP contribution in [0.4, 0.5) is 0 Å². The number of hydrogen-bond acceptors (Lipinski definition) is 2. The molecule has 2 nitrogen and oxygen atoms in total. The Morgan fingerprint density at radius 1 is 1.22 bits per heavy atom. The molecule has 4 atom stereocenters. The summed E-state index contributed by atoms with van der Waals surface area (Å²) in [6.45, 7) is 0. The first-order valence-electron chi connectivity index (χ1n) is 6.43. The highest BCUT2D eigenvalue weighted by molar-refractivity contribution is 6.42. The van der Waals surface area contributed by atoms with E-state index in [1.54, 1.807) is 7.11 Å². The van der Waals surface area contributed by atoms with E-state index in [0.717, 1.165) is 6.42 Å². The number of rotatable bonds is 2. The van der Waals surface area contributed by atoms with Gasteiger partial charge in [-0.25, -0.2) is 0 Å². The molecule has 1 N–H and O–H groups in total. The molecule has 3 rings (SSSR count). The molecule has 1 aromatic carbocycles. The Kier molecular flexibility index (Phi) is 3.55. The molecule has 0 saturated carbocycles. The lowest BCUT2D eigenvalue weighted by Crippen LogP contribution is -2.43. The number of hydrogen-bond donors (Lipinski definition) is 1. The van der Waals surface area contributed by atoms with E-state index in [1.807, 2.05) is 12.1 Å². The van der Waals surface area contributed by atoms with Crippen molar-refractivity contribution in [2.75, 3.05) is 7.11 Å². The number of piperidine rings is 1. The van der Waals surface area contributed by atoms with Crippen LogP contribution in [-0.4, -0.2) is 25.3 Å². The van der Waals surface area contributed by atoms with Crippen molar-refractivity contribution >= 4 is 23.2 Å². The van der Waals surface area contributed by atoms with Crippen LogP contribution in [-0.2, 0) is 4.74 Å². The fraction of sp³-hybridized carbons (Fsp3) is 0.571. The van der Waals surface area contributed by atoms with Gasteiger partial charge in [0.25, 0.3) is 0 Å². The Balaban J connectivity index is 1.88. The third-order valence-corrected chi connectivity index (χ3v) is 5.02. The Labute approximate surface area is 118 Å². The van der Waals surface area contributed by atoms with Crippen molar-refractivity contribution in [1.29, 1.82) is 0 Å². The second-order valence-corrected chi connectivity index (χ2v) is 6.07. The molecular weight excluding hydrogens is 269 g/mol. The predicted octanol–water partition coefficient (Wildman–Crippen LogP) is 3.62. The lowest BCUT2D eigenvalue weighted by atomic mass is 9.85. The van der Waals surface area contributed by atoms with Gasteiger partial charge in [-0.2, -0.15) is 0 Å². The summed E-state index contributed by atoms with van der Waals surface area (Å²) in [7, 11) is 1.80. The van der Waals surface area contributed by atoms with Crippen molar-refractivity contribution in [3.8, 4) is 0 Å². The van der Waals surface area contributed by atoms with Crippen LogP contribution in [0, 0.1) is 0 Å². The van der Waals surface area contributed by atoms with Gasteiger partial charge in [0.05, 0.1) is 16.1 Å². The second kappa shape index (κ2) is 5.01. The fourth-order valence-electron chi connectivity index (χ4n) is 3.37. The van der Waals surface area contributed by atoms with Crippen LogP contribution in [0.5, 0.6) is 0 Å². The average molecular weight is 286 g/mol.